The molecule has 1 unspecified atom stereocenters. The SMILES string of the molecule is CCOc1cccc(/C(O)=C2\C(=O)C(=O)N(c3nc4c(C)cc(C)cc4s3)C2c2cccc(Oc3ccccc3)c2)c1. The van der Waals surface area contributed by atoms with E-state index < -0.39 is 17.7 Å². The number of aliphatic hydroxyl groups excluding tert-OH is 1. The van der Waals surface area contributed by atoms with Gasteiger partial charge in [-0.3, -0.25) is 14.5 Å². The number of fused-ring (bicyclic) bond motifs is 1. The molecule has 7 nitrogen and oxygen atoms in total. The number of ether oxygens (including phenoxy) is 2. The minimum absolute atomic E-state index is 0.0299. The van der Waals surface area contributed by atoms with Gasteiger partial charge in [-0.15, -0.1) is 0 Å². The van der Waals surface area contributed by atoms with Crippen molar-refractivity contribution >= 4 is 44.1 Å². The van der Waals surface area contributed by atoms with Crippen molar-refractivity contribution in [3.8, 4) is 17.2 Å². The molecule has 0 aliphatic carbocycles. The molecule has 1 N–H and O–H groups in total. The van der Waals surface area contributed by atoms with E-state index in [0.29, 0.717) is 40.1 Å². The van der Waals surface area contributed by atoms with E-state index in [1.807, 2.05) is 69.3 Å². The number of carbonyl (C=O) groups excluding carboxylic acids is 2. The van der Waals surface area contributed by atoms with Crippen LogP contribution in [-0.4, -0.2) is 28.4 Å². The third-order valence-electron chi connectivity index (χ3n) is 7.04. The Morgan fingerprint density at radius 2 is 1.64 bits per heavy atom. The van der Waals surface area contributed by atoms with Gasteiger partial charge in [0.1, 0.15) is 23.0 Å². The molecule has 2 heterocycles. The van der Waals surface area contributed by atoms with Gasteiger partial charge >= 0.3 is 5.91 Å². The highest BCUT2D eigenvalue weighted by Crippen LogP contribution is 2.45. The van der Waals surface area contributed by atoms with Gasteiger partial charge in [0.2, 0.25) is 0 Å². The molecule has 5 aromatic rings. The molecule has 1 fully saturated rings. The number of amides is 1. The third-order valence-corrected chi connectivity index (χ3v) is 8.04. The van der Waals surface area contributed by atoms with Crippen LogP contribution in [0, 0.1) is 13.8 Å². The number of hydrogen-bond acceptors (Lipinski definition) is 7. The number of anilines is 1. The Balaban J connectivity index is 1.53. The number of thiazole rings is 1. The lowest BCUT2D eigenvalue weighted by Crippen LogP contribution is -2.29. The second-order valence-corrected chi connectivity index (χ2v) is 11.1. The summed E-state index contributed by atoms with van der Waals surface area (Å²) < 4.78 is 12.6. The molecule has 6 rings (SSSR count). The summed E-state index contributed by atoms with van der Waals surface area (Å²) in [6.45, 7) is 6.29. The van der Waals surface area contributed by atoms with E-state index in [2.05, 4.69) is 0 Å². The zero-order chi connectivity index (χ0) is 29.4. The Kier molecular flexibility index (Phi) is 7.22. The van der Waals surface area contributed by atoms with Gasteiger partial charge < -0.3 is 14.6 Å². The first-order chi connectivity index (χ1) is 20.3. The predicted molar refractivity (Wildman–Crippen MR) is 164 cm³/mol. The Labute approximate surface area is 247 Å². The quantitative estimate of drug-likeness (QED) is 0.121. The van der Waals surface area contributed by atoms with Crippen molar-refractivity contribution in [3.05, 3.63) is 119 Å². The predicted octanol–water partition coefficient (Wildman–Crippen LogP) is 7.73. The number of aromatic nitrogens is 1. The number of aliphatic hydroxyl groups is 1. The van der Waals surface area contributed by atoms with Crippen LogP contribution in [0.3, 0.4) is 0 Å². The summed E-state index contributed by atoms with van der Waals surface area (Å²) in [4.78, 5) is 33.7. The molecule has 0 spiro atoms. The summed E-state index contributed by atoms with van der Waals surface area (Å²) in [5, 5.41) is 12.0. The number of ketones is 1. The van der Waals surface area contributed by atoms with Gasteiger partial charge in [0, 0.05) is 5.56 Å². The molecule has 4 aromatic carbocycles. The molecule has 0 bridgehead atoms. The van der Waals surface area contributed by atoms with Crippen molar-refractivity contribution in [1.29, 1.82) is 0 Å². The van der Waals surface area contributed by atoms with Gasteiger partial charge in [0.05, 0.1) is 28.4 Å². The maximum absolute atomic E-state index is 13.8. The van der Waals surface area contributed by atoms with Crippen LogP contribution in [0.4, 0.5) is 5.13 Å². The molecule has 8 heteroatoms. The lowest BCUT2D eigenvalue weighted by molar-refractivity contribution is -0.132. The van der Waals surface area contributed by atoms with Crippen LogP contribution >= 0.6 is 11.3 Å². The van der Waals surface area contributed by atoms with Crippen LogP contribution in [0.15, 0.2) is 96.6 Å². The first-order valence-corrected chi connectivity index (χ1v) is 14.4. The summed E-state index contributed by atoms with van der Waals surface area (Å²) in [5.74, 6) is -0.120. The van der Waals surface area contributed by atoms with Crippen LogP contribution in [0.5, 0.6) is 17.2 Å². The second-order valence-electron chi connectivity index (χ2n) is 10.0. The molecule has 1 saturated heterocycles. The first-order valence-electron chi connectivity index (χ1n) is 13.6. The highest BCUT2D eigenvalue weighted by atomic mass is 32.1. The van der Waals surface area contributed by atoms with Gasteiger partial charge in [-0.25, -0.2) is 4.98 Å². The monoisotopic (exact) mass is 576 g/mol. The van der Waals surface area contributed by atoms with E-state index >= 15 is 0 Å². The number of aryl methyl sites for hydroxylation is 2. The first kappa shape index (κ1) is 27.2. The summed E-state index contributed by atoms with van der Waals surface area (Å²) in [6, 6.07) is 26.5. The number of para-hydroxylation sites is 1. The zero-order valence-corrected chi connectivity index (χ0v) is 24.1. The number of rotatable bonds is 7. The highest BCUT2D eigenvalue weighted by Gasteiger charge is 2.48. The molecule has 1 atom stereocenters. The lowest BCUT2D eigenvalue weighted by Gasteiger charge is -2.23. The summed E-state index contributed by atoms with van der Waals surface area (Å²) in [7, 11) is 0. The number of carbonyl (C=O) groups is 2. The maximum Gasteiger partial charge on any atom is 0.301 e. The second kappa shape index (κ2) is 11.1. The van der Waals surface area contributed by atoms with E-state index in [-0.39, 0.29) is 11.3 Å². The molecular weight excluding hydrogens is 548 g/mol. The Morgan fingerprint density at radius 1 is 0.905 bits per heavy atom. The number of benzene rings is 4. The van der Waals surface area contributed by atoms with Crippen molar-refractivity contribution in [2.75, 3.05) is 11.5 Å². The minimum Gasteiger partial charge on any atom is -0.507 e. The standard InChI is InChI=1S/C34H28N2O5S/c1-4-40-25-14-9-11-23(19-25)31(37)28-30(22-10-8-15-26(18-22)41-24-12-6-5-7-13-24)36(33(39)32(28)38)34-35-29-21(3)16-20(2)17-27(29)42-34/h5-19,30,37H,4H2,1-3H3/b31-28+. The van der Waals surface area contributed by atoms with Crippen molar-refractivity contribution in [1.82, 2.24) is 4.98 Å². The van der Waals surface area contributed by atoms with Crippen LogP contribution in [0.1, 0.15) is 35.2 Å². The van der Waals surface area contributed by atoms with Gasteiger partial charge in [-0.05, 0) is 79.9 Å². The Bertz CT molecular complexity index is 1860. The number of hydrogen-bond donors (Lipinski definition) is 1. The highest BCUT2D eigenvalue weighted by molar-refractivity contribution is 7.22. The van der Waals surface area contributed by atoms with Crippen LogP contribution in [0.25, 0.3) is 16.0 Å². The molecule has 210 valence electrons. The van der Waals surface area contributed by atoms with Crippen molar-refractivity contribution in [2.24, 2.45) is 0 Å². The molecule has 1 aromatic heterocycles. The Morgan fingerprint density at radius 3 is 2.43 bits per heavy atom. The van der Waals surface area contributed by atoms with Gasteiger partial charge in [0.25, 0.3) is 5.78 Å². The fourth-order valence-corrected chi connectivity index (χ4v) is 6.40. The molecule has 1 amide bonds. The number of Topliss-reactive ketones (excluding diaryl/α,β-unsaturated/α-hetero) is 1. The smallest absolute Gasteiger partial charge is 0.301 e. The minimum atomic E-state index is -0.943. The summed E-state index contributed by atoms with van der Waals surface area (Å²) in [5.41, 5.74) is 3.76. The molecule has 0 saturated carbocycles. The summed E-state index contributed by atoms with van der Waals surface area (Å²) in [6.07, 6.45) is 0. The lowest BCUT2D eigenvalue weighted by atomic mass is 9.95. The number of nitrogens with zero attached hydrogens (tertiary/aromatic N) is 2. The van der Waals surface area contributed by atoms with Crippen LogP contribution in [0.2, 0.25) is 0 Å². The molecule has 1 aliphatic rings. The topological polar surface area (TPSA) is 89.0 Å². The van der Waals surface area contributed by atoms with E-state index in [0.717, 1.165) is 21.3 Å². The molecular formula is C34H28N2O5S. The zero-order valence-electron chi connectivity index (χ0n) is 23.3. The Hall–Kier alpha value is -4.95. The van der Waals surface area contributed by atoms with Gasteiger partial charge in [0.15, 0.2) is 5.13 Å². The van der Waals surface area contributed by atoms with E-state index in [9.17, 15) is 14.7 Å². The van der Waals surface area contributed by atoms with Gasteiger partial charge in [-0.2, -0.15) is 0 Å². The van der Waals surface area contributed by atoms with Crippen molar-refractivity contribution < 1.29 is 24.2 Å². The molecule has 1 aliphatic heterocycles. The maximum atomic E-state index is 13.8. The van der Waals surface area contributed by atoms with Crippen LogP contribution < -0.4 is 14.4 Å². The normalized spacial score (nSPS) is 16.3. The fraction of sp³-hybridized carbons (Fsp3) is 0.147. The van der Waals surface area contributed by atoms with Crippen molar-refractivity contribution in [3.63, 3.8) is 0 Å². The van der Waals surface area contributed by atoms with E-state index in [1.54, 1.807) is 42.5 Å². The average molecular weight is 577 g/mol. The fourth-order valence-electron chi connectivity index (χ4n) is 5.24. The summed E-state index contributed by atoms with van der Waals surface area (Å²) >= 11 is 1.34. The van der Waals surface area contributed by atoms with Gasteiger partial charge in [-0.1, -0.05) is 59.9 Å². The molecule has 0 radical (unpaired) electrons. The third kappa shape index (κ3) is 5.01. The van der Waals surface area contributed by atoms with Crippen LogP contribution in [-0.2, 0) is 9.59 Å². The van der Waals surface area contributed by atoms with Crippen molar-refractivity contribution in [2.45, 2.75) is 26.8 Å². The average Bonchev–Trinajstić information content (AvgIpc) is 3.52. The molecule has 42 heavy (non-hydrogen) atoms. The van der Waals surface area contributed by atoms with E-state index in [4.69, 9.17) is 14.5 Å². The van der Waals surface area contributed by atoms with E-state index in [1.165, 1.54) is 16.2 Å². The largest absolute Gasteiger partial charge is 0.507 e.